The number of ether oxygens (including phenoxy) is 1. The molecule has 0 aliphatic carbocycles. The molecule has 1 fully saturated rings. The maximum Gasteiger partial charge on any atom is 0.251 e. The van der Waals surface area contributed by atoms with Crippen LogP contribution in [0.15, 0.2) is 72.9 Å². The van der Waals surface area contributed by atoms with Crippen molar-refractivity contribution in [3.05, 3.63) is 94.8 Å². The second-order valence-electron chi connectivity index (χ2n) is 8.19. The SMILES string of the molecule is C[C@H](NC(=O)c1ccc(OC2CCN(Cc3ccccn3)CC2)cc1)c1ccc(Cl)cc1. The molecule has 1 atom stereocenters. The molecule has 1 aliphatic heterocycles. The topological polar surface area (TPSA) is 54.5 Å². The monoisotopic (exact) mass is 449 g/mol. The van der Waals surface area contributed by atoms with Crippen LogP contribution < -0.4 is 10.1 Å². The summed E-state index contributed by atoms with van der Waals surface area (Å²) < 4.78 is 6.16. The summed E-state index contributed by atoms with van der Waals surface area (Å²) >= 11 is 5.94. The highest BCUT2D eigenvalue weighted by molar-refractivity contribution is 6.30. The first kappa shape index (κ1) is 22.3. The first-order valence-corrected chi connectivity index (χ1v) is 11.4. The van der Waals surface area contributed by atoms with Crippen molar-refractivity contribution < 1.29 is 9.53 Å². The van der Waals surface area contributed by atoms with Crippen molar-refractivity contribution in [3.63, 3.8) is 0 Å². The van der Waals surface area contributed by atoms with E-state index in [1.807, 2.05) is 73.8 Å². The minimum atomic E-state index is -0.109. The zero-order valence-corrected chi connectivity index (χ0v) is 19.0. The number of hydrogen-bond donors (Lipinski definition) is 1. The third-order valence-electron chi connectivity index (χ3n) is 5.78. The lowest BCUT2D eigenvalue weighted by atomic mass is 10.1. The Morgan fingerprint density at radius 3 is 2.47 bits per heavy atom. The van der Waals surface area contributed by atoms with E-state index in [-0.39, 0.29) is 18.1 Å². The molecular weight excluding hydrogens is 422 g/mol. The number of aromatic nitrogens is 1. The van der Waals surface area contributed by atoms with Crippen LogP contribution in [-0.2, 0) is 6.54 Å². The predicted octanol–water partition coefficient (Wildman–Crippen LogP) is 5.27. The molecule has 0 bridgehead atoms. The Labute approximate surface area is 194 Å². The molecule has 0 radical (unpaired) electrons. The largest absolute Gasteiger partial charge is 0.490 e. The van der Waals surface area contributed by atoms with Gasteiger partial charge in [-0.05, 0) is 73.9 Å². The number of nitrogens with zero attached hydrogens (tertiary/aromatic N) is 2. The van der Waals surface area contributed by atoms with Gasteiger partial charge in [-0.2, -0.15) is 0 Å². The van der Waals surface area contributed by atoms with Crippen LogP contribution in [0.2, 0.25) is 5.02 Å². The average Bonchev–Trinajstić information content (AvgIpc) is 2.82. The van der Waals surface area contributed by atoms with Crippen molar-refractivity contribution in [2.75, 3.05) is 13.1 Å². The Balaban J connectivity index is 1.25. The molecule has 2 heterocycles. The molecule has 1 N–H and O–H groups in total. The highest BCUT2D eigenvalue weighted by atomic mass is 35.5. The van der Waals surface area contributed by atoms with E-state index in [2.05, 4.69) is 21.3 Å². The van der Waals surface area contributed by atoms with E-state index >= 15 is 0 Å². The average molecular weight is 450 g/mol. The number of likely N-dealkylation sites (tertiary alicyclic amines) is 1. The summed E-state index contributed by atoms with van der Waals surface area (Å²) in [6, 6.07) is 20.8. The van der Waals surface area contributed by atoms with Crippen molar-refractivity contribution in [3.8, 4) is 5.75 Å². The normalized spacial score (nSPS) is 15.8. The maximum atomic E-state index is 12.6. The Kier molecular flexibility index (Phi) is 7.40. The van der Waals surface area contributed by atoms with Gasteiger partial charge in [0.05, 0.1) is 11.7 Å². The van der Waals surface area contributed by atoms with Crippen LogP contribution in [0.1, 0.15) is 47.4 Å². The second kappa shape index (κ2) is 10.6. The first-order chi connectivity index (χ1) is 15.6. The summed E-state index contributed by atoms with van der Waals surface area (Å²) in [5.41, 5.74) is 2.73. The number of carbonyl (C=O) groups is 1. The smallest absolute Gasteiger partial charge is 0.251 e. The van der Waals surface area contributed by atoms with Gasteiger partial charge in [0.15, 0.2) is 0 Å². The zero-order chi connectivity index (χ0) is 22.3. The molecule has 166 valence electrons. The number of carbonyl (C=O) groups excluding carboxylic acids is 1. The standard InChI is InChI=1S/C26H28ClN3O2/c1-19(20-5-9-22(27)10-6-20)29-26(31)21-7-11-24(12-8-21)32-25-13-16-30(17-14-25)18-23-4-2-3-15-28-23/h2-12,15,19,25H,13-14,16-18H2,1H3,(H,29,31)/t19-/m0/s1. The minimum absolute atomic E-state index is 0.105. The number of amides is 1. The molecule has 2 aromatic carbocycles. The lowest BCUT2D eigenvalue weighted by Crippen LogP contribution is -2.37. The predicted molar refractivity (Wildman–Crippen MR) is 127 cm³/mol. The van der Waals surface area contributed by atoms with Crippen molar-refractivity contribution in [1.29, 1.82) is 0 Å². The fraction of sp³-hybridized carbons (Fsp3) is 0.308. The van der Waals surface area contributed by atoms with Gasteiger partial charge in [0, 0.05) is 36.4 Å². The number of rotatable bonds is 7. The molecule has 1 aliphatic rings. The summed E-state index contributed by atoms with van der Waals surface area (Å²) in [6.45, 7) is 4.82. The molecule has 0 spiro atoms. The number of halogens is 1. The van der Waals surface area contributed by atoms with E-state index in [0.29, 0.717) is 10.6 Å². The fourth-order valence-electron chi connectivity index (χ4n) is 3.90. The van der Waals surface area contributed by atoms with Crippen LogP contribution in [-0.4, -0.2) is 35.0 Å². The van der Waals surface area contributed by atoms with Gasteiger partial charge in [-0.25, -0.2) is 0 Å². The van der Waals surface area contributed by atoms with E-state index in [1.165, 1.54) is 0 Å². The molecule has 1 aromatic heterocycles. The van der Waals surface area contributed by atoms with E-state index in [9.17, 15) is 4.79 Å². The third kappa shape index (κ3) is 6.09. The lowest BCUT2D eigenvalue weighted by molar-refractivity contribution is 0.0937. The Bertz CT molecular complexity index is 1000. The Morgan fingerprint density at radius 1 is 1.09 bits per heavy atom. The summed E-state index contributed by atoms with van der Waals surface area (Å²) in [7, 11) is 0. The van der Waals surface area contributed by atoms with Crippen molar-refractivity contribution in [1.82, 2.24) is 15.2 Å². The van der Waals surface area contributed by atoms with Crippen LogP contribution in [0, 0.1) is 0 Å². The van der Waals surface area contributed by atoms with Gasteiger partial charge in [0.2, 0.25) is 0 Å². The van der Waals surface area contributed by atoms with Crippen LogP contribution in [0.25, 0.3) is 0 Å². The van der Waals surface area contributed by atoms with Crippen LogP contribution in [0.5, 0.6) is 5.75 Å². The molecule has 6 heteroatoms. The van der Waals surface area contributed by atoms with E-state index in [4.69, 9.17) is 16.3 Å². The number of nitrogens with one attached hydrogen (secondary N) is 1. The Morgan fingerprint density at radius 2 is 1.81 bits per heavy atom. The minimum Gasteiger partial charge on any atom is -0.490 e. The van der Waals surface area contributed by atoms with Gasteiger partial charge < -0.3 is 10.1 Å². The molecule has 0 saturated carbocycles. The van der Waals surface area contributed by atoms with Gasteiger partial charge in [-0.1, -0.05) is 29.8 Å². The maximum absolute atomic E-state index is 12.6. The highest BCUT2D eigenvalue weighted by Crippen LogP contribution is 2.21. The van der Waals surface area contributed by atoms with Crippen LogP contribution in [0.4, 0.5) is 0 Å². The summed E-state index contributed by atoms with van der Waals surface area (Å²) in [6.07, 6.45) is 3.99. The van der Waals surface area contributed by atoms with Crippen LogP contribution in [0.3, 0.4) is 0 Å². The van der Waals surface area contributed by atoms with Gasteiger partial charge in [0.1, 0.15) is 11.9 Å². The second-order valence-corrected chi connectivity index (χ2v) is 8.62. The molecule has 3 aromatic rings. The van der Waals surface area contributed by atoms with Crippen molar-refractivity contribution in [2.45, 2.75) is 38.5 Å². The molecule has 1 amide bonds. The van der Waals surface area contributed by atoms with Gasteiger partial charge in [-0.15, -0.1) is 0 Å². The number of pyridine rings is 1. The fourth-order valence-corrected chi connectivity index (χ4v) is 4.02. The summed E-state index contributed by atoms with van der Waals surface area (Å²) in [5, 5.41) is 3.71. The summed E-state index contributed by atoms with van der Waals surface area (Å²) in [5.74, 6) is 0.692. The van der Waals surface area contributed by atoms with Crippen molar-refractivity contribution in [2.24, 2.45) is 0 Å². The molecule has 0 unspecified atom stereocenters. The molecule has 1 saturated heterocycles. The van der Waals surface area contributed by atoms with E-state index in [0.717, 1.165) is 49.5 Å². The zero-order valence-electron chi connectivity index (χ0n) is 18.2. The number of hydrogen-bond acceptors (Lipinski definition) is 4. The highest BCUT2D eigenvalue weighted by Gasteiger charge is 2.21. The van der Waals surface area contributed by atoms with Gasteiger partial charge >= 0.3 is 0 Å². The van der Waals surface area contributed by atoms with Crippen LogP contribution >= 0.6 is 11.6 Å². The third-order valence-corrected chi connectivity index (χ3v) is 6.04. The van der Waals surface area contributed by atoms with E-state index < -0.39 is 0 Å². The number of piperidine rings is 1. The van der Waals surface area contributed by atoms with Gasteiger partial charge in [-0.3, -0.25) is 14.7 Å². The lowest BCUT2D eigenvalue weighted by Gasteiger charge is -2.31. The van der Waals surface area contributed by atoms with Crippen molar-refractivity contribution >= 4 is 17.5 Å². The number of benzene rings is 2. The quantitative estimate of drug-likeness (QED) is 0.534. The molecule has 4 rings (SSSR count). The molecule has 5 nitrogen and oxygen atoms in total. The first-order valence-electron chi connectivity index (χ1n) is 11.0. The van der Waals surface area contributed by atoms with E-state index in [1.54, 1.807) is 0 Å². The van der Waals surface area contributed by atoms with Gasteiger partial charge in [0.25, 0.3) is 5.91 Å². The molecule has 32 heavy (non-hydrogen) atoms. The molecular formula is C26H28ClN3O2. The summed E-state index contributed by atoms with van der Waals surface area (Å²) in [4.78, 5) is 19.4. The Hall–Kier alpha value is -2.89.